The van der Waals surface area contributed by atoms with Gasteiger partial charge >= 0.3 is 6.09 Å². The molecule has 2 aromatic heterocycles. The number of pyridine rings is 1. The Morgan fingerprint density at radius 3 is 2.74 bits per heavy atom. The first-order valence-electron chi connectivity index (χ1n) is 8.45. The lowest BCUT2D eigenvalue weighted by Crippen LogP contribution is -2.25. The summed E-state index contributed by atoms with van der Waals surface area (Å²) < 4.78 is 5.10. The monoisotopic (exact) mass is 366 g/mol. The molecule has 1 aromatic carbocycles. The lowest BCUT2D eigenvalue weighted by Gasteiger charge is -2.15. The highest BCUT2D eigenvalue weighted by molar-refractivity contribution is 5.90. The number of ether oxygens (including phenoxy) is 1. The Labute approximate surface area is 155 Å². The van der Waals surface area contributed by atoms with Crippen LogP contribution in [-0.2, 0) is 11.8 Å². The minimum absolute atomic E-state index is 0.183. The summed E-state index contributed by atoms with van der Waals surface area (Å²) in [7, 11) is 1.70. The molecule has 0 radical (unpaired) electrons. The molecule has 1 atom stereocenters. The number of nitrogens with zero attached hydrogens (tertiary/aromatic N) is 6. The second-order valence-corrected chi connectivity index (χ2v) is 6.33. The van der Waals surface area contributed by atoms with Crippen LogP contribution >= 0.6 is 0 Å². The van der Waals surface area contributed by atoms with Crippen molar-refractivity contribution in [3.05, 3.63) is 42.1 Å². The van der Waals surface area contributed by atoms with Crippen molar-refractivity contribution in [1.82, 2.24) is 25.2 Å². The summed E-state index contributed by atoms with van der Waals surface area (Å²) in [5.74, 6) is 0.474. The van der Waals surface area contributed by atoms with Crippen molar-refractivity contribution in [2.45, 2.75) is 13.0 Å². The zero-order chi connectivity index (χ0) is 19.0. The van der Waals surface area contributed by atoms with Gasteiger partial charge in [-0.3, -0.25) is 9.88 Å². The van der Waals surface area contributed by atoms with E-state index in [1.54, 1.807) is 13.2 Å². The van der Waals surface area contributed by atoms with Crippen molar-refractivity contribution < 1.29 is 14.6 Å². The molecule has 3 heterocycles. The number of aromatic nitrogens is 5. The largest absolute Gasteiger partial charge is 0.441 e. The lowest BCUT2D eigenvalue weighted by atomic mass is 10.0. The topological polar surface area (TPSA) is 106 Å². The quantitative estimate of drug-likeness (QED) is 0.747. The molecular weight excluding hydrogens is 348 g/mol. The van der Waals surface area contributed by atoms with Crippen molar-refractivity contribution in [2.24, 2.45) is 7.05 Å². The number of aryl methyl sites for hydroxylation is 2. The third kappa shape index (κ3) is 3.24. The molecule has 0 spiro atoms. The van der Waals surface area contributed by atoms with Crippen LogP contribution in [0.2, 0.25) is 0 Å². The fraction of sp³-hybridized carbons (Fsp3) is 0.278. The Bertz CT molecular complexity index is 985. The molecule has 0 unspecified atom stereocenters. The number of carbonyl (C=O) groups is 1. The van der Waals surface area contributed by atoms with E-state index in [-0.39, 0.29) is 6.61 Å². The molecule has 0 saturated carbocycles. The fourth-order valence-electron chi connectivity index (χ4n) is 3.04. The van der Waals surface area contributed by atoms with E-state index < -0.39 is 12.2 Å². The average molecular weight is 366 g/mol. The van der Waals surface area contributed by atoms with Crippen LogP contribution in [0.4, 0.5) is 10.5 Å². The number of anilines is 1. The molecule has 1 aliphatic heterocycles. The molecule has 1 fully saturated rings. The molecule has 1 N–H and O–H groups in total. The molecule has 27 heavy (non-hydrogen) atoms. The van der Waals surface area contributed by atoms with E-state index in [0.717, 1.165) is 22.4 Å². The minimum atomic E-state index is -0.482. The first kappa shape index (κ1) is 17.1. The lowest BCUT2D eigenvalue weighted by molar-refractivity contribution is 0.0963. The van der Waals surface area contributed by atoms with Gasteiger partial charge in [0.05, 0.1) is 20.2 Å². The average Bonchev–Trinajstić information content (AvgIpc) is 3.27. The molecule has 9 nitrogen and oxygen atoms in total. The summed E-state index contributed by atoms with van der Waals surface area (Å²) in [6.07, 6.45) is 0.840. The highest BCUT2D eigenvalue weighted by Gasteiger charge is 2.31. The molecule has 0 aliphatic carbocycles. The van der Waals surface area contributed by atoms with Crippen LogP contribution in [-0.4, -0.2) is 55.6 Å². The third-order valence-electron chi connectivity index (χ3n) is 4.41. The number of amides is 1. The summed E-state index contributed by atoms with van der Waals surface area (Å²) >= 11 is 0. The smallest absolute Gasteiger partial charge is 0.414 e. The zero-order valence-corrected chi connectivity index (χ0v) is 14.9. The van der Waals surface area contributed by atoms with Gasteiger partial charge in [0.1, 0.15) is 11.8 Å². The van der Waals surface area contributed by atoms with E-state index >= 15 is 0 Å². The Hall–Kier alpha value is -3.33. The highest BCUT2D eigenvalue weighted by Crippen LogP contribution is 2.29. The van der Waals surface area contributed by atoms with Gasteiger partial charge in [-0.2, -0.15) is 4.80 Å². The number of cyclic esters (lactones) is 1. The molecular formula is C18H18N6O3. The van der Waals surface area contributed by atoms with E-state index in [1.807, 2.05) is 37.3 Å². The maximum Gasteiger partial charge on any atom is 0.414 e. The van der Waals surface area contributed by atoms with E-state index in [4.69, 9.17) is 4.74 Å². The van der Waals surface area contributed by atoms with Crippen LogP contribution in [0.5, 0.6) is 0 Å². The first-order valence-corrected chi connectivity index (χ1v) is 8.45. The minimum Gasteiger partial charge on any atom is -0.441 e. The van der Waals surface area contributed by atoms with Crippen molar-refractivity contribution in [3.63, 3.8) is 0 Å². The molecule has 1 amide bonds. The van der Waals surface area contributed by atoms with Gasteiger partial charge in [0, 0.05) is 17.4 Å². The van der Waals surface area contributed by atoms with Crippen LogP contribution in [0, 0.1) is 6.92 Å². The molecule has 1 aliphatic rings. The molecule has 9 heteroatoms. The van der Waals surface area contributed by atoms with E-state index in [1.165, 1.54) is 9.70 Å². The van der Waals surface area contributed by atoms with Gasteiger partial charge in [0.2, 0.25) is 5.82 Å². The fourth-order valence-corrected chi connectivity index (χ4v) is 3.04. The molecule has 4 rings (SSSR count). The SMILES string of the molecule is Cc1cc(N2C[C@H](CO)OC2=O)ccc1-c1ccc(-c2nnn(C)n2)nc1. The van der Waals surface area contributed by atoms with Crippen LogP contribution in [0.1, 0.15) is 5.56 Å². The molecule has 138 valence electrons. The second kappa shape index (κ2) is 6.76. The Kier molecular flexibility index (Phi) is 4.28. The number of benzene rings is 1. The van der Waals surface area contributed by atoms with E-state index in [2.05, 4.69) is 20.4 Å². The number of carbonyl (C=O) groups excluding carboxylic acids is 1. The third-order valence-corrected chi connectivity index (χ3v) is 4.41. The van der Waals surface area contributed by atoms with Crippen LogP contribution in [0.15, 0.2) is 36.5 Å². The number of hydrogen-bond acceptors (Lipinski definition) is 7. The van der Waals surface area contributed by atoms with Gasteiger partial charge in [-0.25, -0.2) is 4.79 Å². The molecule has 0 bridgehead atoms. The van der Waals surface area contributed by atoms with Crippen molar-refractivity contribution in [1.29, 1.82) is 0 Å². The summed E-state index contributed by atoms with van der Waals surface area (Å²) in [4.78, 5) is 19.3. The summed E-state index contributed by atoms with van der Waals surface area (Å²) in [5, 5.41) is 21.1. The van der Waals surface area contributed by atoms with Gasteiger partial charge in [0.15, 0.2) is 0 Å². The maximum atomic E-state index is 11.9. The van der Waals surface area contributed by atoms with Crippen LogP contribution in [0.25, 0.3) is 22.6 Å². The second-order valence-electron chi connectivity index (χ2n) is 6.33. The van der Waals surface area contributed by atoms with Crippen LogP contribution < -0.4 is 4.90 Å². The van der Waals surface area contributed by atoms with Gasteiger partial charge < -0.3 is 9.84 Å². The zero-order valence-electron chi connectivity index (χ0n) is 14.9. The summed E-state index contributed by atoms with van der Waals surface area (Å²) in [5.41, 5.74) is 4.35. The normalized spacial score (nSPS) is 16.6. The Morgan fingerprint density at radius 2 is 2.15 bits per heavy atom. The van der Waals surface area contributed by atoms with Crippen molar-refractivity contribution in [2.75, 3.05) is 18.1 Å². The number of hydrogen-bond donors (Lipinski definition) is 1. The van der Waals surface area contributed by atoms with E-state index in [9.17, 15) is 9.90 Å². The van der Waals surface area contributed by atoms with Gasteiger partial charge in [-0.15, -0.1) is 10.2 Å². The number of rotatable bonds is 4. The van der Waals surface area contributed by atoms with E-state index in [0.29, 0.717) is 18.1 Å². The Balaban J connectivity index is 1.58. The summed E-state index contributed by atoms with van der Waals surface area (Å²) in [6.45, 7) is 2.13. The van der Waals surface area contributed by atoms with Gasteiger partial charge in [-0.1, -0.05) is 12.1 Å². The molecule has 1 saturated heterocycles. The number of aliphatic hydroxyl groups excluding tert-OH is 1. The standard InChI is InChI=1S/C18H18N6O3/c1-11-7-13(24-9-14(10-25)27-18(24)26)4-5-15(11)12-3-6-16(19-8-12)17-20-22-23(2)21-17/h3-8,14,25H,9-10H2,1-2H3/t14-/m1/s1. The maximum absolute atomic E-state index is 11.9. The summed E-state index contributed by atoms with van der Waals surface area (Å²) in [6, 6.07) is 9.54. The van der Waals surface area contributed by atoms with Crippen molar-refractivity contribution in [3.8, 4) is 22.6 Å². The first-order chi connectivity index (χ1) is 13.0. The number of aliphatic hydroxyl groups is 1. The molecule has 3 aromatic rings. The van der Waals surface area contributed by atoms with Crippen LogP contribution in [0.3, 0.4) is 0 Å². The predicted molar refractivity (Wildman–Crippen MR) is 96.9 cm³/mol. The Morgan fingerprint density at radius 1 is 1.30 bits per heavy atom. The van der Waals surface area contributed by atoms with Crippen molar-refractivity contribution >= 4 is 11.8 Å². The number of tetrazole rings is 1. The van der Waals surface area contributed by atoms with Gasteiger partial charge in [0.25, 0.3) is 0 Å². The highest BCUT2D eigenvalue weighted by atomic mass is 16.6. The van der Waals surface area contributed by atoms with Gasteiger partial charge in [-0.05, 0) is 41.5 Å². The predicted octanol–water partition coefficient (Wildman–Crippen LogP) is 1.57.